The van der Waals surface area contributed by atoms with E-state index in [9.17, 15) is 22.4 Å². The summed E-state index contributed by atoms with van der Waals surface area (Å²) in [6.07, 6.45) is -2.46. The Morgan fingerprint density at radius 2 is 1.89 bits per heavy atom. The van der Waals surface area contributed by atoms with E-state index in [1.807, 2.05) is 4.90 Å². The third-order valence-electron chi connectivity index (χ3n) is 4.54. The molecule has 4 nitrogen and oxygen atoms in total. The van der Waals surface area contributed by atoms with E-state index < -0.39 is 17.6 Å². The van der Waals surface area contributed by atoms with Crippen LogP contribution >= 0.6 is 11.6 Å². The Morgan fingerprint density at radius 3 is 2.48 bits per heavy atom. The molecule has 1 aliphatic rings. The van der Waals surface area contributed by atoms with Crippen LogP contribution in [0, 0.1) is 11.7 Å². The molecule has 0 saturated carbocycles. The zero-order valence-electron chi connectivity index (χ0n) is 14.1. The molecule has 2 aromatic rings. The number of carbonyl (C=O) groups is 1. The number of halogens is 5. The fraction of sp³-hybridized carbons (Fsp3) is 0.333. The van der Waals surface area contributed by atoms with Crippen LogP contribution in [-0.4, -0.2) is 19.0 Å². The molecular formula is C18H17ClF4N3O+. The molecule has 0 unspecified atom stereocenters. The SMILES string of the molecule is O=C(Nc1cccc(Cl)c1F)C1CCN(c2ccc(C(F)(F)F)c[nH+]2)CC1. The molecule has 0 radical (unpaired) electrons. The van der Waals surface area contributed by atoms with Gasteiger partial charge in [0.1, 0.15) is 6.20 Å². The van der Waals surface area contributed by atoms with Gasteiger partial charge in [0.25, 0.3) is 5.82 Å². The first-order chi connectivity index (χ1) is 12.8. The lowest BCUT2D eigenvalue weighted by Gasteiger charge is -2.27. The van der Waals surface area contributed by atoms with Crippen LogP contribution in [0.3, 0.4) is 0 Å². The number of nitrogens with one attached hydrogen (secondary N) is 2. The third kappa shape index (κ3) is 4.50. The standard InChI is InChI=1S/C18H16ClF4N3O/c19-13-2-1-3-14(16(13)20)25-17(27)11-6-8-26(9-7-11)15-5-4-12(10-24-15)18(21,22)23/h1-5,10-11H,6-9H2,(H,25,27)/p+1. The number of hydrogen-bond donors (Lipinski definition) is 1. The number of aromatic nitrogens is 1. The molecule has 2 heterocycles. The van der Waals surface area contributed by atoms with Crippen LogP contribution in [0.15, 0.2) is 36.5 Å². The summed E-state index contributed by atoms with van der Waals surface area (Å²) in [5, 5.41) is 2.48. The molecule has 2 N–H and O–H groups in total. The number of aromatic amines is 1. The molecule has 3 rings (SSSR count). The highest BCUT2D eigenvalue weighted by Gasteiger charge is 2.33. The summed E-state index contributed by atoms with van der Waals surface area (Å²) >= 11 is 5.70. The molecule has 0 bridgehead atoms. The molecular weight excluding hydrogens is 386 g/mol. The Bertz CT molecular complexity index is 818. The average Bonchev–Trinajstić information content (AvgIpc) is 2.65. The normalized spacial score (nSPS) is 15.7. The van der Waals surface area contributed by atoms with Gasteiger partial charge in [-0.05, 0) is 31.0 Å². The smallest absolute Gasteiger partial charge is 0.323 e. The van der Waals surface area contributed by atoms with Gasteiger partial charge in [0.15, 0.2) is 5.82 Å². The van der Waals surface area contributed by atoms with Gasteiger partial charge in [0, 0.05) is 12.0 Å². The number of rotatable bonds is 3. The maximum Gasteiger partial charge on any atom is 0.419 e. The van der Waals surface area contributed by atoms with Crippen molar-refractivity contribution in [3.8, 4) is 0 Å². The van der Waals surface area contributed by atoms with Gasteiger partial charge in [-0.1, -0.05) is 17.7 Å². The first-order valence-corrected chi connectivity index (χ1v) is 8.72. The van der Waals surface area contributed by atoms with Gasteiger partial charge in [-0.25, -0.2) is 9.37 Å². The van der Waals surface area contributed by atoms with Crippen LogP contribution in [0.25, 0.3) is 0 Å². The van der Waals surface area contributed by atoms with Crippen LogP contribution in [0.1, 0.15) is 18.4 Å². The van der Waals surface area contributed by atoms with Gasteiger partial charge in [-0.3, -0.25) is 9.69 Å². The van der Waals surface area contributed by atoms with E-state index in [0.717, 1.165) is 12.3 Å². The minimum Gasteiger partial charge on any atom is -0.323 e. The van der Waals surface area contributed by atoms with Gasteiger partial charge in [-0.15, -0.1) is 0 Å². The van der Waals surface area contributed by atoms with Crippen molar-refractivity contribution in [2.75, 3.05) is 23.3 Å². The lowest BCUT2D eigenvalue weighted by molar-refractivity contribution is -0.367. The number of anilines is 2. The average molecular weight is 403 g/mol. The molecule has 0 aliphatic carbocycles. The van der Waals surface area contributed by atoms with E-state index in [1.54, 1.807) is 6.07 Å². The largest absolute Gasteiger partial charge is 0.419 e. The van der Waals surface area contributed by atoms with Gasteiger partial charge >= 0.3 is 6.18 Å². The predicted molar refractivity (Wildman–Crippen MR) is 93.0 cm³/mol. The fourth-order valence-corrected chi connectivity index (χ4v) is 3.18. The lowest BCUT2D eigenvalue weighted by Crippen LogP contribution is -2.40. The summed E-state index contributed by atoms with van der Waals surface area (Å²) in [5.41, 5.74) is -0.713. The number of alkyl halides is 3. The van der Waals surface area contributed by atoms with Gasteiger partial charge in [-0.2, -0.15) is 13.2 Å². The summed E-state index contributed by atoms with van der Waals surface area (Å²) in [6.45, 7) is 0.996. The van der Waals surface area contributed by atoms with Crippen molar-refractivity contribution < 1.29 is 27.3 Å². The third-order valence-corrected chi connectivity index (χ3v) is 4.83. The van der Waals surface area contributed by atoms with Crippen molar-refractivity contribution in [1.82, 2.24) is 0 Å². The Kier molecular flexibility index (Phi) is 5.55. The minimum absolute atomic E-state index is 0.0333. The van der Waals surface area contributed by atoms with E-state index in [2.05, 4.69) is 10.3 Å². The molecule has 1 saturated heterocycles. The maximum atomic E-state index is 13.9. The summed E-state index contributed by atoms with van der Waals surface area (Å²) in [4.78, 5) is 16.9. The zero-order chi connectivity index (χ0) is 19.6. The number of pyridine rings is 1. The number of H-pyrrole nitrogens is 1. The van der Waals surface area contributed by atoms with E-state index in [-0.39, 0.29) is 22.5 Å². The second-order valence-corrected chi connectivity index (χ2v) is 6.72. The molecule has 1 aliphatic heterocycles. The topological polar surface area (TPSA) is 46.5 Å². The van der Waals surface area contributed by atoms with Crippen LogP contribution in [-0.2, 0) is 11.0 Å². The van der Waals surface area contributed by atoms with Crippen molar-refractivity contribution in [3.63, 3.8) is 0 Å². The summed E-state index contributed by atoms with van der Waals surface area (Å²) in [7, 11) is 0. The van der Waals surface area contributed by atoms with Crippen LogP contribution in [0.5, 0.6) is 0 Å². The fourth-order valence-electron chi connectivity index (χ4n) is 3.01. The first-order valence-electron chi connectivity index (χ1n) is 8.34. The molecule has 27 heavy (non-hydrogen) atoms. The van der Waals surface area contributed by atoms with Crippen LogP contribution in [0.4, 0.5) is 29.1 Å². The molecule has 1 fully saturated rings. The van der Waals surface area contributed by atoms with Crippen molar-refractivity contribution in [1.29, 1.82) is 0 Å². The molecule has 1 aromatic carbocycles. The molecule has 1 amide bonds. The van der Waals surface area contributed by atoms with Crippen LogP contribution in [0.2, 0.25) is 5.02 Å². The number of piperidine rings is 1. The maximum absolute atomic E-state index is 13.9. The number of carbonyl (C=O) groups excluding carboxylic acids is 1. The van der Waals surface area contributed by atoms with E-state index in [0.29, 0.717) is 31.7 Å². The van der Waals surface area contributed by atoms with E-state index in [4.69, 9.17) is 11.6 Å². The second-order valence-electron chi connectivity index (χ2n) is 6.31. The Labute approximate surface area is 158 Å². The highest BCUT2D eigenvalue weighted by atomic mass is 35.5. The van der Waals surface area contributed by atoms with E-state index in [1.165, 1.54) is 18.2 Å². The molecule has 9 heteroatoms. The summed E-state index contributed by atoms with van der Waals surface area (Å²) < 4.78 is 51.8. The molecule has 1 aromatic heterocycles. The minimum atomic E-state index is -4.39. The zero-order valence-corrected chi connectivity index (χ0v) is 14.9. The molecule has 0 spiro atoms. The van der Waals surface area contributed by atoms with Crippen molar-refractivity contribution in [3.05, 3.63) is 52.9 Å². The van der Waals surface area contributed by atoms with Crippen molar-refractivity contribution >= 4 is 29.0 Å². The van der Waals surface area contributed by atoms with Gasteiger partial charge < -0.3 is 5.32 Å². The highest BCUT2D eigenvalue weighted by molar-refractivity contribution is 6.31. The summed E-state index contributed by atoms with van der Waals surface area (Å²) in [5.74, 6) is -0.728. The molecule has 0 atom stereocenters. The van der Waals surface area contributed by atoms with E-state index >= 15 is 0 Å². The second kappa shape index (κ2) is 7.72. The number of benzene rings is 1. The van der Waals surface area contributed by atoms with Crippen molar-refractivity contribution in [2.45, 2.75) is 19.0 Å². The monoisotopic (exact) mass is 402 g/mol. The number of amides is 1. The quantitative estimate of drug-likeness (QED) is 0.783. The first kappa shape index (κ1) is 19.4. The highest BCUT2D eigenvalue weighted by Crippen LogP contribution is 2.29. The predicted octanol–water partition coefficient (Wildman–Crippen LogP) is 4.17. The van der Waals surface area contributed by atoms with Gasteiger partial charge in [0.2, 0.25) is 5.91 Å². The molecule has 144 valence electrons. The van der Waals surface area contributed by atoms with Crippen molar-refractivity contribution in [2.24, 2.45) is 5.92 Å². The Balaban J connectivity index is 1.58. The Morgan fingerprint density at radius 1 is 1.19 bits per heavy atom. The lowest BCUT2D eigenvalue weighted by atomic mass is 9.95. The number of nitrogens with zero attached hydrogens (tertiary/aromatic N) is 1. The summed E-state index contributed by atoms with van der Waals surface area (Å²) in [6, 6.07) is 6.78. The Hall–Kier alpha value is -2.35. The van der Waals surface area contributed by atoms with Gasteiger partial charge in [0.05, 0.1) is 29.4 Å². The number of hydrogen-bond acceptors (Lipinski definition) is 2. The van der Waals surface area contributed by atoms with Crippen LogP contribution < -0.4 is 15.2 Å².